The normalized spacial score (nSPS) is 16.7. The lowest BCUT2D eigenvalue weighted by molar-refractivity contribution is -0.115. The molecule has 1 amide bonds. The van der Waals surface area contributed by atoms with Gasteiger partial charge in [0.15, 0.2) is 22.5 Å². The largest absolute Gasteiger partial charge is 0.490 e. The van der Waals surface area contributed by atoms with E-state index in [9.17, 15) is 4.79 Å². The van der Waals surface area contributed by atoms with Crippen molar-refractivity contribution < 1.29 is 14.3 Å². The molecule has 2 aliphatic rings. The molecule has 1 aromatic carbocycles. The topological polar surface area (TPSA) is 92.3 Å². The van der Waals surface area contributed by atoms with E-state index in [0.717, 1.165) is 47.3 Å². The Hall–Kier alpha value is -2.22. The van der Waals surface area contributed by atoms with Crippen molar-refractivity contribution in [1.29, 1.82) is 0 Å². The highest BCUT2D eigenvalue weighted by molar-refractivity contribution is 7.99. The van der Waals surface area contributed by atoms with Crippen molar-refractivity contribution in [3.05, 3.63) is 18.2 Å². The number of nitrogens with two attached hydrogens (primary N) is 1. The lowest BCUT2D eigenvalue weighted by atomic mass is 10.2. The predicted octanol–water partition coefficient (Wildman–Crippen LogP) is 2.02. The molecule has 2 heterocycles. The van der Waals surface area contributed by atoms with E-state index < -0.39 is 0 Å². The lowest BCUT2D eigenvalue weighted by Gasteiger charge is -2.11. The number of rotatable bonds is 5. The average Bonchev–Trinajstić information content (AvgIpc) is 3.36. The maximum absolute atomic E-state index is 11.1. The summed E-state index contributed by atoms with van der Waals surface area (Å²) in [5.74, 6) is 2.13. The van der Waals surface area contributed by atoms with E-state index in [2.05, 4.69) is 14.8 Å². The van der Waals surface area contributed by atoms with E-state index in [1.54, 1.807) is 0 Å². The quantitative estimate of drug-likeness (QED) is 0.833. The second kappa shape index (κ2) is 6.35. The van der Waals surface area contributed by atoms with Crippen LogP contribution >= 0.6 is 11.8 Å². The van der Waals surface area contributed by atoms with E-state index in [1.807, 2.05) is 18.2 Å². The number of hydrogen-bond acceptors (Lipinski definition) is 6. The van der Waals surface area contributed by atoms with Crippen molar-refractivity contribution >= 4 is 17.7 Å². The van der Waals surface area contributed by atoms with Crippen LogP contribution in [-0.4, -0.2) is 39.6 Å². The van der Waals surface area contributed by atoms with Crippen LogP contribution in [0.1, 0.15) is 25.3 Å². The maximum Gasteiger partial charge on any atom is 0.227 e. The molecule has 2 aromatic rings. The highest BCUT2D eigenvalue weighted by Crippen LogP contribution is 2.42. The van der Waals surface area contributed by atoms with E-state index in [1.165, 1.54) is 11.8 Å². The third-order valence-electron chi connectivity index (χ3n) is 3.93. The van der Waals surface area contributed by atoms with Crippen LogP contribution in [0.25, 0.3) is 11.4 Å². The number of ether oxygens (including phenoxy) is 2. The molecule has 126 valence electrons. The number of carbonyl (C=O) groups is 1. The molecule has 4 rings (SSSR count). The number of carbonyl (C=O) groups excluding carboxylic acids is 1. The van der Waals surface area contributed by atoms with Gasteiger partial charge in [-0.1, -0.05) is 11.8 Å². The molecule has 0 atom stereocenters. The number of primary amides is 1. The van der Waals surface area contributed by atoms with Gasteiger partial charge in [0.2, 0.25) is 5.91 Å². The zero-order valence-corrected chi connectivity index (χ0v) is 13.9. The first-order valence-corrected chi connectivity index (χ1v) is 8.97. The van der Waals surface area contributed by atoms with Gasteiger partial charge in [0.25, 0.3) is 0 Å². The Morgan fingerprint density at radius 3 is 2.79 bits per heavy atom. The smallest absolute Gasteiger partial charge is 0.227 e. The first-order valence-electron chi connectivity index (χ1n) is 7.98. The Balaban J connectivity index is 1.68. The third kappa shape index (κ3) is 3.06. The van der Waals surface area contributed by atoms with Crippen LogP contribution in [0.5, 0.6) is 11.5 Å². The molecule has 0 saturated heterocycles. The van der Waals surface area contributed by atoms with E-state index in [-0.39, 0.29) is 11.7 Å². The van der Waals surface area contributed by atoms with Gasteiger partial charge in [0.1, 0.15) is 0 Å². The summed E-state index contributed by atoms with van der Waals surface area (Å²) in [6.07, 6.45) is 3.07. The monoisotopic (exact) mass is 346 g/mol. The number of fused-ring (bicyclic) bond motifs is 1. The molecule has 2 N–H and O–H groups in total. The molecule has 0 bridgehead atoms. The van der Waals surface area contributed by atoms with Crippen LogP contribution in [0.3, 0.4) is 0 Å². The fourth-order valence-corrected chi connectivity index (χ4v) is 3.42. The van der Waals surface area contributed by atoms with Crippen LogP contribution in [0, 0.1) is 0 Å². The summed E-state index contributed by atoms with van der Waals surface area (Å²) in [5.41, 5.74) is 6.18. The number of nitrogens with zero attached hydrogens (tertiary/aromatic N) is 3. The SMILES string of the molecule is NC(=O)CSc1nnc(-c2ccc3c(c2)OCCCO3)n1C1CC1. The summed E-state index contributed by atoms with van der Waals surface area (Å²) in [5, 5.41) is 9.33. The van der Waals surface area contributed by atoms with Gasteiger partial charge in [0.05, 0.1) is 19.0 Å². The Morgan fingerprint density at radius 1 is 1.25 bits per heavy atom. The van der Waals surface area contributed by atoms with Crippen LogP contribution in [0.2, 0.25) is 0 Å². The van der Waals surface area contributed by atoms with Crippen molar-refractivity contribution in [2.75, 3.05) is 19.0 Å². The van der Waals surface area contributed by atoms with Crippen molar-refractivity contribution in [2.24, 2.45) is 5.73 Å². The predicted molar refractivity (Wildman–Crippen MR) is 89.3 cm³/mol. The molecule has 0 unspecified atom stereocenters. The third-order valence-corrected chi connectivity index (χ3v) is 4.89. The van der Waals surface area contributed by atoms with Gasteiger partial charge >= 0.3 is 0 Å². The lowest BCUT2D eigenvalue weighted by Crippen LogP contribution is -2.13. The Morgan fingerprint density at radius 2 is 2.04 bits per heavy atom. The molecular weight excluding hydrogens is 328 g/mol. The summed E-state index contributed by atoms with van der Waals surface area (Å²) in [4.78, 5) is 11.1. The average molecular weight is 346 g/mol. The zero-order chi connectivity index (χ0) is 16.5. The molecule has 1 saturated carbocycles. The Bertz CT molecular complexity index is 773. The summed E-state index contributed by atoms with van der Waals surface area (Å²) in [6, 6.07) is 6.23. The summed E-state index contributed by atoms with van der Waals surface area (Å²) < 4.78 is 13.5. The molecule has 1 aliphatic carbocycles. The molecule has 1 aromatic heterocycles. The van der Waals surface area contributed by atoms with Gasteiger partial charge in [0, 0.05) is 18.0 Å². The molecule has 0 radical (unpaired) electrons. The fourth-order valence-electron chi connectivity index (χ4n) is 2.67. The van der Waals surface area contributed by atoms with Gasteiger partial charge in [-0.2, -0.15) is 0 Å². The standard InChI is InChI=1S/C16H18N4O3S/c17-14(21)9-24-16-19-18-15(20(16)11-3-4-11)10-2-5-12-13(8-10)23-7-1-6-22-12/h2,5,8,11H,1,3-4,6-7,9H2,(H2,17,21). The van der Waals surface area contributed by atoms with Crippen molar-refractivity contribution in [3.63, 3.8) is 0 Å². The second-order valence-electron chi connectivity index (χ2n) is 5.87. The molecule has 1 aliphatic heterocycles. The minimum Gasteiger partial charge on any atom is -0.490 e. The number of hydrogen-bond donors (Lipinski definition) is 1. The van der Waals surface area contributed by atoms with Crippen molar-refractivity contribution in [1.82, 2.24) is 14.8 Å². The number of aromatic nitrogens is 3. The molecular formula is C16H18N4O3S. The zero-order valence-electron chi connectivity index (χ0n) is 13.1. The fraction of sp³-hybridized carbons (Fsp3) is 0.438. The van der Waals surface area contributed by atoms with Gasteiger partial charge in [-0.25, -0.2) is 0 Å². The maximum atomic E-state index is 11.1. The molecule has 0 spiro atoms. The molecule has 7 nitrogen and oxygen atoms in total. The van der Waals surface area contributed by atoms with E-state index in [4.69, 9.17) is 15.2 Å². The Kier molecular flexibility index (Phi) is 4.05. The number of amides is 1. The second-order valence-corrected chi connectivity index (χ2v) is 6.82. The van der Waals surface area contributed by atoms with Gasteiger partial charge < -0.3 is 15.2 Å². The summed E-state index contributed by atoms with van der Waals surface area (Å²) >= 11 is 1.33. The minimum absolute atomic E-state index is 0.200. The summed E-state index contributed by atoms with van der Waals surface area (Å²) in [7, 11) is 0. The van der Waals surface area contributed by atoms with Crippen LogP contribution in [0.4, 0.5) is 0 Å². The van der Waals surface area contributed by atoms with Crippen molar-refractivity contribution in [2.45, 2.75) is 30.5 Å². The molecule has 24 heavy (non-hydrogen) atoms. The van der Waals surface area contributed by atoms with Gasteiger partial charge in [-0.3, -0.25) is 9.36 Å². The van der Waals surface area contributed by atoms with Crippen LogP contribution in [-0.2, 0) is 4.79 Å². The van der Waals surface area contributed by atoms with Crippen LogP contribution in [0.15, 0.2) is 23.4 Å². The van der Waals surface area contributed by atoms with E-state index >= 15 is 0 Å². The highest BCUT2D eigenvalue weighted by Gasteiger charge is 2.30. The molecule has 8 heteroatoms. The first kappa shape index (κ1) is 15.3. The molecule has 1 fully saturated rings. The number of thioether (sulfide) groups is 1. The summed E-state index contributed by atoms with van der Waals surface area (Å²) in [6.45, 7) is 1.31. The van der Waals surface area contributed by atoms with Crippen LogP contribution < -0.4 is 15.2 Å². The Labute approximate surface area is 143 Å². The minimum atomic E-state index is -0.359. The van der Waals surface area contributed by atoms with E-state index in [0.29, 0.717) is 19.3 Å². The number of benzene rings is 1. The van der Waals surface area contributed by atoms with Crippen molar-refractivity contribution in [3.8, 4) is 22.9 Å². The first-order chi connectivity index (χ1) is 11.7. The van der Waals surface area contributed by atoms with Gasteiger partial charge in [-0.05, 0) is 31.0 Å². The van der Waals surface area contributed by atoms with Gasteiger partial charge in [-0.15, -0.1) is 10.2 Å². The highest BCUT2D eigenvalue weighted by atomic mass is 32.2.